The van der Waals surface area contributed by atoms with E-state index in [1.165, 1.54) is 22.8 Å². The number of benzene rings is 1. The molecule has 1 heterocycles. The molecule has 0 aliphatic heterocycles. The van der Waals surface area contributed by atoms with E-state index >= 15 is 0 Å². The highest BCUT2D eigenvalue weighted by atomic mass is 32.2. The summed E-state index contributed by atoms with van der Waals surface area (Å²) in [4.78, 5) is 12.9. The number of hydrogen-bond donors (Lipinski definition) is 1. The number of nitrogens with zero attached hydrogens (tertiary/aromatic N) is 1. The van der Waals surface area contributed by atoms with Crippen LogP contribution in [-0.4, -0.2) is 9.67 Å². The number of pyridine rings is 1. The van der Waals surface area contributed by atoms with E-state index in [0.717, 1.165) is 11.8 Å². The number of rotatable bonds is 2. The van der Waals surface area contributed by atoms with Crippen LogP contribution in [0.3, 0.4) is 0 Å². The fourth-order valence-electron chi connectivity index (χ4n) is 1.50. The maximum absolute atomic E-state index is 12.8. The molecule has 5 heteroatoms. The van der Waals surface area contributed by atoms with Crippen molar-refractivity contribution in [2.45, 2.75) is 16.7 Å². The Morgan fingerprint density at radius 3 is 2.50 bits per heavy atom. The Kier molecular flexibility index (Phi) is 3.43. The van der Waals surface area contributed by atoms with Crippen LogP contribution in [0.2, 0.25) is 0 Å². The Balaban J connectivity index is 2.44. The summed E-state index contributed by atoms with van der Waals surface area (Å²) in [5.41, 5.74) is 0.419. The standard InChI is InChI=1S/C13H12FNO2S/c1-8-7-11(16)12(13(17)15(8)2)18-10-5-3-9(14)4-6-10/h3-7,16H,1-2H3. The lowest BCUT2D eigenvalue weighted by Gasteiger charge is -2.09. The molecule has 3 nitrogen and oxygen atoms in total. The molecule has 0 saturated heterocycles. The van der Waals surface area contributed by atoms with Gasteiger partial charge in [0.05, 0.1) is 0 Å². The predicted molar refractivity (Wildman–Crippen MR) is 68.6 cm³/mol. The van der Waals surface area contributed by atoms with Gasteiger partial charge in [-0.25, -0.2) is 4.39 Å². The van der Waals surface area contributed by atoms with Gasteiger partial charge in [-0.2, -0.15) is 0 Å². The van der Waals surface area contributed by atoms with E-state index in [0.29, 0.717) is 10.6 Å². The van der Waals surface area contributed by atoms with Gasteiger partial charge in [-0.1, -0.05) is 11.8 Å². The molecular formula is C13H12FNO2S. The summed E-state index contributed by atoms with van der Waals surface area (Å²) in [6.07, 6.45) is 0. The predicted octanol–water partition coefficient (Wildman–Crippen LogP) is 2.69. The van der Waals surface area contributed by atoms with E-state index in [4.69, 9.17) is 0 Å². The first-order chi connectivity index (χ1) is 8.49. The average molecular weight is 265 g/mol. The Morgan fingerprint density at radius 1 is 1.28 bits per heavy atom. The Bertz CT molecular complexity index is 635. The van der Waals surface area contributed by atoms with Gasteiger partial charge in [0, 0.05) is 23.7 Å². The second-order valence-electron chi connectivity index (χ2n) is 3.92. The zero-order chi connectivity index (χ0) is 13.3. The van der Waals surface area contributed by atoms with E-state index in [9.17, 15) is 14.3 Å². The molecule has 0 fully saturated rings. The normalized spacial score (nSPS) is 10.6. The number of aromatic nitrogens is 1. The number of hydrogen-bond acceptors (Lipinski definition) is 3. The summed E-state index contributed by atoms with van der Waals surface area (Å²) in [5.74, 6) is -0.384. The fraction of sp³-hybridized carbons (Fsp3) is 0.154. The maximum atomic E-state index is 12.8. The molecule has 0 unspecified atom stereocenters. The van der Waals surface area contributed by atoms with Gasteiger partial charge in [-0.3, -0.25) is 4.79 Å². The van der Waals surface area contributed by atoms with E-state index in [-0.39, 0.29) is 22.0 Å². The van der Waals surface area contributed by atoms with E-state index < -0.39 is 0 Å². The lowest BCUT2D eigenvalue weighted by atomic mass is 10.3. The lowest BCUT2D eigenvalue weighted by molar-refractivity contribution is 0.455. The lowest BCUT2D eigenvalue weighted by Crippen LogP contribution is -2.20. The van der Waals surface area contributed by atoms with E-state index in [1.54, 1.807) is 26.1 Å². The van der Waals surface area contributed by atoms with Crippen LogP contribution < -0.4 is 5.56 Å². The largest absolute Gasteiger partial charge is 0.506 e. The molecule has 1 aromatic heterocycles. The van der Waals surface area contributed by atoms with Crippen LogP contribution in [0.4, 0.5) is 4.39 Å². The van der Waals surface area contributed by atoms with Crippen molar-refractivity contribution in [1.29, 1.82) is 0 Å². The molecule has 0 amide bonds. The molecule has 0 aliphatic carbocycles. The van der Waals surface area contributed by atoms with Gasteiger partial charge in [0.25, 0.3) is 5.56 Å². The van der Waals surface area contributed by atoms with Crippen molar-refractivity contribution in [2.24, 2.45) is 7.05 Å². The summed E-state index contributed by atoms with van der Waals surface area (Å²) in [6.45, 7) is 1.74. The van der Waals surface area contributed by atoms with Crippen molar-refractivity contribution in [1.82, 2.24) is 4.57 Å². The van der Waals surface area contributed by atoms with Crippen LogP contribution in [0.5, 0.6) is 5.75 Å². The van der Waals surface area contributed by atoms with E-state index in [2.05, 4.69) is 0 Å². The smallest absolute Gasteiger partial charge is 0.268 e. The first kappa shape index (κ1) is 12.7. The quantitative estimate of drug-likeness (QED) is 0.907. The molecule has 0 radical (unpaired) electrons. The van der Waals surface area contributed by atoms with Gasteiger partial charge in [0.2, 0.25) is 0 Å². The van der Waals surface area contributed by atoms with E-state index in [1.807, 2.05) is 0 Å². The van der Waals surface area contributed by atoms with Crippen molar-refractivity contribution in [3.63, 3.8) is 0 Å². The highest BCUT2D eigenvalue weighted by Gasteiger charge is 2.12. The Hall–Kier alpha value is -1.75. The minimum atomic E-state index is -0.333. The van der Waals surface area contributed by atoms with Gasteiger partial charge < -0.3 is 9.67 Å². The highest BCUT2D eigenvalue weighted by molar-refractivity contribution is 7.99. The minimum absolute atomic E-state index is 0.0510. The summed E-state index contributed by atoms with van der Waals surface area (Å²) in [5, 5.41) is 9.80. The third kappa shape index (κ3) is 2.41. The van der Waals surface area contributed by atoms with Crippen molar-refractivity contribution >= 4 is 11.8 Å². The topological polar surface area (TPSA) is 42.2 Å². The summed E-state index contributed by atoms with van der Waals surface area (Å²) >= 11 is 1.12. The monoisotopic (exact) mass is 265 g/mol. The zero-order valence-corrected chi connectivity index (χ0v) is 10.8. The number of aryl methyl sites for hydroxylation is 1. The van der Waals surface area contributed by atoms with Crippen molar-refractivity contribution in [3.8, 4) is 5.75 Å². The molecule has 0 bridgehead atoms. The minimum Gasteiger partial charge on any atom is -0.506 e. The van der Waals surface area contributed by atoms with Crippen molar-refractivity contribution in [2.75, 3.05) is 0 Å². The third-order valence-corrected chi connectivity index (χ3v) is 3.74. The molecule has 1 N–H and O–H groups in total. The third-order valence-electron chi connectivity index (χ3n) is 2.64. The van der Waals surface area contributed by atoms with Crippen LogP contribution in [0, 0.1) is 12.7 Å². The number of aromatic hydroxyl groups is 1. The first-order valence-corrected chi connectivity index (χ1v) is 6.13. The molecule has 0 spiro atoms. The van der Waals surface area contributed by atoms with Gasteiger partial charge in [0.1, 0.15) is 16.5 Å². The Morgan fingerprint density at radius 2 is 1.89 bits per heavy atom. The van der Waals surface area contributed by atoms with Crippen LogP contribution in [-0.2, 0) is 7.05 Å². The van der Waals surface area contributed by atoms with Gasteiger partial charge in [-0.05, 0) is 31.2 Å². The Labute approximate surface area is 108 Å². The molecular weight excluding hydrogens is 253 g/mol. The van der Waals surface area contributed by atoms with Crippen molar-refractivity contribution in [3.05, 3.63) is 52.2 Å². The zero-order valence-electron chi connectivity index (χ0n) is 9.98. The first-order valence-electron chi connectivity index (χ1n) is 5.32. The molecule has 2 aromatic rings. The van der Waals surface area contributed by atoms with Crippen LogP contribution in [0.1, 0.15) is 5.69 Å². The molecule has 1 aromatic carbocycles. The van der Waals surface area contributed by atoms with Gasteiger partial charge >= 0.3 is 0 Å². The van der Waals surface area contributed by atoms with Gasteiger partial charge in [-0.15, -0.1) is 0 Å². The van der Waals surface area contributed by atoms with Crippen molar-refractivity contribution < 1.29 is 9.50 Å². The molecule has 0 atom stereocenters. The molecule has 18 heavy (non-hydrogen) atoms. The summed E-state index contributed by atoms with van der Waals surface area (Å²) in [6, 6.07) is 7.31. The highest BCUT2D eigenvalue weighted by Crippen LogP contribution is 2.31. The second-order valence-corrected chi connectivity index (χ2v) is 5.00. The fourth-order valence-corrected chi connectivity index (χ4v) is 2.39. The summed E-state index contributed by atoms with van der Waals surface area (Å²) in [7, 11) is 1.64. The SMILES string of the molecule is Cc1cc(O)c(Sc2ccc(F)cc2)c(=O)n1C. The van der Waals surface area contributed by atoms with Crippen LogP contribution >= 0.6 is 11.8 Å². The van der Waals surface area contributed by atoms with Gasteiger partial charge in [0.15, 0.2) is 0 Å². The molecule has 0 saturated carbocycles. The average Bonchev–Trinajstić information content (AvgIpc) is 2.34. The molecule has 2 rings (SSSR count). The molecule has 0 aliphatic rings. The summed E-state index contributed by atoms with van der Waals surface area (Å²) < 4.78 is 14.2. The van der Waals surface area contributed by atoms with Crippen LogP contribution in [0.15, 0.2) is 44.9 Å². The maximum Gasteiger partial charge on any atom is 0.268 e. The molecule has 94 valence electrons. The second kappa shape index (κ2) is 4.86. The van der Waals surface area contributed by atoms with Crippen LogP contribution in [0.25, 0.3) is 0 Å². The number of halogens is 1.